The maximum atomic E-state index is 12.6. The number of halogens is 5. The summed E-state index contributed by atoms with van der Waals surface area (Å²) in [5.74, 6) is 11.7. The van der Waals surface area contributed by atoms with Gasteiger partial charge >= 0.3 is 0 Å². The quantitative estimate of drug-likeness (QED) is 0.00465. The minimum Gasteiger partial charge on any atom is -0.493 e. The molecule has 1 fully saturated rings. The summed E-state index contributed by atoms with van der Waals surface area (Å²) < 4.78 is 55.2. The zero-order valence-corrected chi connectivity index (χ0v) is 90.8. The lowest BCUT2D eigenvalue weighted by Crippen LogP contribution is -2.43. The van der Waals surface area contributed by atoms with E-state index < -0.39 is 5.24 Å². The Balaban J connectivity index is 0.000000934. The number of Topliss-reactive ketones (excluding diaryl/α,β-unsaturated/α-hetero) is 1. The van der Waals surface area contributed by atoms with Gasteiger partial charge in [0.1, 0.15) is 18.0 Å². The molecule has 1 aliphatic carbocycles. The molecule has 1 saturated carbocycles. The van der Waals surface area contributed by atoms with E-state index in [0.29, 0.717) is 116 Å². The highest BCUT2D eigenvalue weighted by Gasteiger charge is 2.18. The van der Waals surface area contributed by atoms with Gasteiger partial charge in [0.05, 0.1) is 69.9 Å². The molecule has 8 aromatic rings. The molecule has 0 atom stereocenters. The molecule has 0 radical (unpaired) electrons. The first-order valence-electron chi connectivity index (χ1n) is 43.4. The molecule has 42 heteroatoms. The summed E-state index contributed by atoms with van der Waals surface area (Å²) in [4.78, 5) is 94.1. The molecule has 0 aliphatic heterocycles. The Morgan fingerprint density at radius 3 is 0.862 bits per heavy atom. The van der Waals surface area contributed by atoms with E-state index in [4.69, 9.17) is 101 Å². The van der Waals surface area contributed by atoms with Gasteiger partial charge in [-0.3, -0.25) is 43.3 Å². The molecule has 29 nitrogen and oxygen atoms in total. The number of carbonyl (C=O) groups excluding carboxylic acids is 8. The second kappa shape index (κ2) is 83.3. The van der Waals surface area contributed by atoms with Crippen LogP contribution in [0.4, 0.5) is 0 Å². The highest BCUT2D eigenvalue weighted by atomic mass is 35.5. The first-order valence-corrected chi connectivity index (χ1v) is 55.4. The van der Waals surface area contributed by atoms with Crippen LogP contribution in [0.25, 0.3) is 24.3 Å². The summed E-state index contributed by atoms with van der Waals surface area (Å²) in [7, 11) is 27.7. The predicted octanol–water partition coefficient (Wildman–Crippen LogP) is 15.0. The number of ether oxygens (including phenoxy) is 9. The highest BCUT2D eigenvalue weighted by molar-refractivity contribution is 8.77. The zero-order valence-electron chi connectivity index (χ0n) is 80.4. The Morgan fingerprint density at radius 1 is 0.355 bits per heavy atom. The van der Waals surface area contributed by atoms with Crippen molar-refractivity contribution in [2.75, 3.05) is 173 Å². The van der Waals surface area contributed by atoms with Crippen molar-refractivity contribution in [3.05, 3.63) is 204 Å². The number of carbonyl (C=O) groups is 8. The van der Waals surface area contributed by atoms with Crippen LogP contribution in [0.1, 0.15) is 94.2 Å². The van der Waals surface area contributed by atoms with Crippen LogP contribution in [0, 0.1) is 20.8 Å². The van der Waals surface area contributed by atoms with Gasteiger partial charge in [0.2, 0.25) is 60.5 Å². The van der Waals surface area contributed by atoms with Crippen molar-refractivity contribution >= 4 is 216 Å². The minimum atomic E-state index is -0.508. The average Bonchev–Trinajstić information content (AvgIpc) is 1.04. The lowest BCUT2D eigenvalue weighted by molar-refractivity contribution is -0.684. The summed E-state index contributed by atoms with van der Waals surface area (Å²) in [6.07, 6.45) is 36.3. The van der Waals surface area contributed by atoms with Gasteiger partial charge in [0.25, 0.3) is 17.7 Å². The number of aldehydes is 1. The second-order valence-electron chi connectivity index (χ2n) is 28.5. The van der Waals surface area contributed by atoms with E-state index in [-0.39, 0.29) is 71.9 Å². The third kappa shape index (κ3) is 61.4. The number of hydrogen-bond donors (Lipinski definition) is 7. The molecule has 0 unspecified atom stereocenters. The number of nitrogens with zero attached hydrogens (tertiary/aromatic N) is 5. The number of pyridine rings is 5. The van der Waals surface area contributed by atoms with Crippen LogP contribution >= 0.6 is 145 Å². The molecular weight excluding hydrogens is 2030 g/mol. The van der Waals surface area contributed by atoms with Crippen molar-refractivity contribution in [1.29, 1.82) is 0 Å². The van der Waals surface area contributed by atoms with Crippen LogP contribution in [-0.2, 0) is 59.7 Å². The molecule has 760 valence electrons. The van der Waals surface area contributed by atoms with Crippen LogP contribution in [0.3, 0.4) is 0 Å². The van der Waals surface area contributed by atoms with E-state index in [1.54, 1.807) is 154 Å². The molecule has 5 aromatic heterocycles. The molecule has 9 rings (SSSR count). The number of alkyl halides is 3. The first kappa shape index (κ1) is 128. The Bertz CT molecular complexity index is 4460. The average molecular weight is 2160 g/mol. The number of rotatable bonds is 52. The molecule has 0 saturated heterocycles. The number of methoxy groups -OCH3 is 9. The lowest BCUT2D eigenvalue weighted by atomic mass is 10.1. The number of benzene rings is 3. The fraction of sp³-hybridized carbons (Fsp3) is 0.427. The Hall–Kier alpha value is -8.38. The number of aromatic nitrogens is 5. The lowest BCUT2D eigenvalue weighted by Gasteiger charge is -2.12. The van der Waals surface area contributed by atoms with E-state index in [1.807, 2.05) is 198 Å². The molecule has 9 N–H and O–H groups in total. The van der Waals surface area contributed by atoms with Crippen LogP contribution in [-0.4, -0.2) is 225 Å². The highest BCUT2D eigenvalue weighted by Crippen LogP contribution is 2.41. The smallest absolute Gasteiger partial charge is 0.286 e. The molecule has 5 heterocycles. The molecule has 0 spiro atoms. The summed E-state index contributed by atoms with van der Waals surface area (Å²) in [5.41, 5.74) is 18.4. The summed E-state index contributed by atoms with van der Waals surface area (Å²) >= 11 is 20.1. The van der Waals surface area contributed by atoms with Gasteiger partial charge < -0.3 is 80.7 Å². The van der Waals surface area contributed by atoms with Crippen LogP contribution in [0.5, 0.6) is 51.7 Å². The first-order chi connectivity index (χ1) is 66.4. The van der Waals surface area contributed by atoms with Gasteiger partial charge in [-0.25, -0.2) is 0 Å². The van der Waals surface area contributed by atoms with Crippen molar-refractivity contribution in [2.45, 2.75) is 91.9 Å². The molecule has 1 aliphatic rings. The molecular formula is C96H135Cl5N12O17S8+4. The van der Waals surface area contributed by atoms with Gasteiger partial charge in [0.15, 0.2) is 89.9 Å². The summed E-state index contributed by atoms with van der Waals surface area (Å²) in [6.45, 7) is 11.9. The van der Waals surface area contributed by atoms with Crippen molar-refractivity contribution < 1.29 is 99.3 Å². The zero-order chi connectivity index (χ0) is 101. The van der Waals surface area contributed by atoms with Gasteiger partial charge in [0, 0.05) is 165 Å². The third-order valence-electron chi connectivity index (χ3n) is 17.8. The Labute approximate surface area is 871 Å². The number of nitrogens with one attached hydrogen (secondary N) is 5. The fourth-order valence-electron chi connectivity index (χ4n) is 11.0. The number of aryl methyl sites for hydroxylation is 3. The van der Waals surface area contributed by atoms with Crippen molar-refractivity contribution in [1.82, 2.24) is 31.6 Å². The largest absolute Gasteiger partial charge is 0.493 e. The fourth-order valence-corrected chi connectivity index (χ4v) is 18.5. The Morgan fingerprint density at radius 2 is 0.609 bits per heavy atom. The van der Waals surface area contributed by atoms with E-state index in [1.165, 1.54) is 70.1 Å². The number of nitrogens with two attached hydrogens (primary N) is 2. The topological polar surface area (TPSA) is 360 Å². The summed E-state index contributed by atoms with van der Waals surface area (Å²) in [6, 6.07) is 30.5. The van der Waals surface area contributed by atoms with Crippen LogP contribution in [0.2, 0.25) is 0 Å². The number of ketones is 1. The van der Waals surface area contributed by atoms with Crippen molar-refractivity contribution in [3.8, 4) is 51.7 Å². The standard InChI is InChI=1S/C41H48N3O8S2.C20H26N4O2S2.C10H12O4.C8H14Cl2N2O2S2.C6H7N.C5H10.C4H12N2S2.C2H2Cl2O.ClH/c1-47-35-24-32(25-36(48-2)40(35)51-5)11-9-30-13-18-43(19-14-30)28-34(45)8-7-22-53-54-23-17-42-39(46)29-44-20-15-31(16-21-44)10-12-33-26-37(49-3)41(52-6)38(27-33)50-4;1-17-3-9-23(10-4-17)15-19(25)21-7-13-27-28-14-8-22-20(26)16-24-11-5-18(2)6-12-24;1-12-8-4-7(6-11)5-9(13-2)10(8)14-3;9-5-7(13)11-1-3-15-16-4-2-12-8(14)6-10;1-6-2-4-7-5-3-6;1-2-4-5-3-1;5-1-3-7-8-4-2-6;3-1-2(4)5;/h9-16,18-21,24-27H,7-8,17,22-23,28-29H2,1-6H3;3-6,9-12H,7-8,13-16H2,1-2H3;4-6H,1-3H3;1-6H2,(H,11,13)(H,12,14);2-5H,1H3;1-5H2;1-6H2;1H2;1H/q+1;;;;;;;;/p+3/b11-9+,12-10+;;;;;;;;. The normalized spacial score (nSPS) is 10.7. The van der Waals surface area contributed by atoms with Crippen molar-refractivity contribution in [3.63, 3.8) is 0 Å². The minimum absolute atomic E-state index is 0. The maximum Gasteiger partial charge on any atom is 0.286 e. The number of hydrogen-bond acceptors (Lipinski definition) is 28. The maximum absolute atomic E-state index is 12.6. The molecule has 138 heavy (non-hydrogen) atoms. The third-order valence-corrected chi connectivity index (χ3v) is 28.6. The Kier molecular flexibility index (Phi) is 77.0. The molecule has 0 bridgehead atoms. The van der Waals surface area contributed by atoms with E-state index in [0.717, 1.165) is 94.1 Å². The van der Waals surface area contributed by atoms with Crippen LogP contribution < -0.4 is 99.0 Å². The van der Waals surface area contributed by atoms with Gasteiger partial charge in [-0.15, -0.1) is 47.2 Å². The van der Waals surface area contributed by atoms with E-state index in [2.05, 4.69) is 31.6 Å². The van der Waals surface area contributed by atoms with Gasteiger partial charge in [-0.1, -0.05) is 143 Å². The monoisotopic (exact) mass is 2160 g/mol. The van der Waals surface area contributed by atoms with Crippen LogP contribution in [0.15, 0.2) is 159 Å². The second-order valence-corrected chi connectivity index (χ2v) is 40.5. The van der Waals surface area contributed by atoms with E-state index in [9.17, 15) is 38.4 Å². The van der Waals surface area contributed by atoms with Crippen molar-refractivity contribution in [2.24, 2.45) is 11.5 Å². The predicted molar refractivity (Wildman–Crippen MR) is 577 cm³/mol. The molecule has 5 amide bonds. The SMILES string of the molecule is C1CCCC1.COc1cc(/C=C/c2cc[n+](CC(=O)CCCSSCCNC(=O)C[n+]3ccc(/C=C/c4cc(OC)c(OC)c(OC)c4)cc3)cc2)cc(OC)c1OC.COc1cc(C=O)cc(OC)c1OC.Cc1cc[n+](CC(=O)NCCSSCCNC(=O)C[n+]2ccc(C)cc2)cc1.Cc1ccncc1.Cl.NCCSSCCN.O=C(CCl)NCCSSCCNC(=O)CCl.O=C(Cl)CCl. The summed E-state index contributed by atoms with van der Waals surface area (Å²) in [5, 5.41) is 13.6. The van der Waals surface area contributed by atoms with Gasteiger partial charge in [-0.2, -0.15) is 18.3 Å². The number of amides is 5. The van der Waals surface area contributed by atoms with E-state index >= 15 is 0 Å². The van der Waals surface area contributed by atoms with Gasteiger partial charge in [-0.05, 0) is 126 Å². The molecule has 3 aromatic carbocycles.